The molecule has 1 fully saturated rings. The Morgan fingerprint density at radius 2 is 2.05 bits per heavy atom. The zero-order valence-electron chi connectivity index (χ0n) is 10.4. The fraction of sp³-hybridized carbons (Fsp3) is 0.556. The maximum Gasteiger partial charge on any atom is 0.470 e. The average Bonchev–Trinajstić information content (AvgIpc) is 2.65. The third kappa shape index (κ3) is 3.47. The lowest BCUT2D eigenvalue weighted by molar-refractivity contribution is -0.0232. The van der Waals surface area contributed by atoms with Crippen LogP contribution >= 0.6 is 7.82 Å². The number of rotatable bonds is 4. The van der Waals surface area contributed by atoms with E-state index in [2.05, 4.69) is 9.51 Å². The monoisotopic (exact) mass is 324 g/mol. The van der Waals surface area contributed by atoms with E-state index in [1.54, 1.807) is 0 Å². The van der Waals surface area contributed by atoms with Crippen LogP contribution in [0.2, 0.25) is 0 Å². The Balaban J connectivity index is 2.41. The number of H-pyrrole nitrogens is 2. The van der Waals surface area contributed by atoms with E-state index in [0.717, 1.165) is 6.20 Å². The molecule has 21 heavy (non-hydrogen) atoms. The Hall–Kier alpha value is -1.33. The second-order valence-corrected chi connectivity index (χ2v) is 5.55. The minimum atomic E-state index is -4.98. The summed E-state index contributed by atoms with van der Waals surface area (Å²) in [5.74, 6) is 0. The molecule has 1 aliphatic heterocycles. The summed E-state index contributed by atoms with van der Waals surface area (Å²) in [6, 6.07) is 0. The standard InChI is InChI=1S/C9H13N2O9P/c12-2-4-5(13)7(20-21(16,17)18)6(19-4)3-1-10-9(15)11-8(3)14/h1,4-7,12-13H,2H2,(H2,16,17,18)(H2,10,11,14,15)/t4-,5-,6+,7-/m1/s1. The summed E-state index contributed by atoms with van der Waals surface area (Å²) in [7, 11) is -4.98. The molecule has 0 saturated carbocycles. The molecule has 1 aliphatic rings. The first kappa shape index (κ1) is 16.0. The van der Waals surface area contributed by atoms with E-state index < -0.39 is 50.1 Å². The van der Waals surface area contributed by atoms with Crippen LogP contribution in [0, 0.1) is 0 Å². The Morgan fingerprint density at radius 3 is 2.57 bits per heavy atom. The largest absolute Gasteiger partial charge is 0.470 e. The normalized spacial score (nSPS) is 29.7. The van der Waals surface area contributed by atoms with Gasteiger partial charge in [0.05, 0.1) is 12.2 Å². The van der Waals surface area contributed by atoms with Gasteiger partial charge in [0.25, 0.3) is 5.56 Å². The van der Waals surface area contributed by atoms with Gasteiger partial charge in [-0.2, -0.15) is 0 Å². The van der Waals surface area contributed by atoms with Crippen LogP contribution in [0.5, 0.6) is 0 Å². The Bertz CT molecular complexity index is 664. The van der Waals surface area contributed by atoms with Crippen molar-refractivity contribution in [3.63, 3.8) is 0 Å². The molecule has 0 aromatic carbocycles. The second kappa shape index (κ2) is 5.81. The van der Waals surface area contributed by atoms with Gasteiger partial charge >= 0.3 is 13.5 Å². The van der Waals surface area contributed by atoms with Gasteiger partial charge in [-0.15, -0.1) is 0 Å². The molecular formula is C9H13N2O9P. The van der Waals surface area contributed by atoms with Crippen molar-refractivity contribution in [1.29, 1.82) is 0 Å². The number of hydrogen-bond acceptors (Lipinski definition) is 7. The highest BCUT2D eigenvalue weighted by Gasteiger charge is 2.48. The number of nitrogens with one attached hydrogen (secondary N) is 2. The summed E-state index contributed by atoms with van der Waals surface area (Å²) in [5, 5.41) is 18.9. The van der Waals surface area contributed by atoms with E-state index in [9.17, 15) is 19.3 Å². The minimum absolute atomic E-state index is 0.206. The molecule has 2 rings (SSSR count). The Morgan fingerprint density at radius 1 is 1.38 bits per heavy atom. The zero-order chi connectivity index (χ0) is 15.8. The molecule has 0 bridgehead atoms. The molecule has 0 aliphatic carbocycles. The lowest BCUT2D eigenvalue weighted by Crippen LogP contribution is -2.35. The fourth-order valence-electron chi connectivity index (χ4n) is 2.05. The Labute approximate surface area is 116 Å². The van der Waals surface area contributed by atoms with Gasteiger partial charge in [0, 0.05) is 6.20 Å². The van der Waals surface area contributed by atoms with Crippen LogP contribution in [0.15, 0.2) is 15.8 Å². The quantitative estimate of drug-likeness (QED) is 0.322. The molecule has 118 valence electrons. The maximum absolute atomic E-state index is 11.7. The summed E-state index contributed by atoms with van der Waals surface area (Å²) in [5.41, 5.74) is -1.86. The first-order chi connectivity index (χ1) is 9.73. The third-order valence-corrected chi connectivity index (χ3v) is 3.45. The topological polar surface area (TPSA) is 182 Å². The van der Waals surface area contributed by atoms with Crippen molar-refractivity contribution >= 4 is 7.82 Å². The highest BCUT2D eigenvalue weighted by molar-refractivity contribution is 7.46. The van der Waals surface area contributed by atoms with Crippen LogP contribution in [0.1, 0.15) is 11.7 Å². The minimum Gasteiger partial charge on any atom is -0.394 e. The van der Waals surface area contributed by atoms with Gasteiger partial charge in [0.2, 0.25) is 0 Å². The van der Waals surface area contributed by atoms with Gasteiger partial charge in [-0.1, -0.05) is 0 Å². The molecule has 2 heterocycles. The van der Waals surface area contributed by atoms with Gasteiger partial charge in [-0.3, -0.25) is 14.3 Å². The van der Waals surface area contributed by atoms with E-state index >= 15 is 0 Å². The predicted molar refractivity (Wildman–Crippen MR) is 65.3 cm³/mol. The van der Waals surface area contributed by atoms with Crippen molar-refractivity contribution in [3.8, 4) is 0 Å². The highest BCUT2D eigenvalue weighted by atomic mass is 31.2. The van der Waals surface area contributed by atoms with E-state index in [1.165, 1.54) is 0 Å². The van der Waals surface area contributed by atoms with Gasteiger partial charge in [0.1, 0.15) is 24.4 Å². The van der Waals surface area contributed by atoms with Crippen LogP contribution in [0.25, 0.3) is 0 Å². The molecule has 4 atom stereocenters. The van der Waals surface area contributed by atoms with Crippen molar-refractivity contribution in [3.05, 3.63) is 32.6 Å². The van der Waals surface area contributed by atoms with Gasteiger partial charge in [-0.05, 0) is 0 Å². The number of ether oxygens (including phenoxy) is 1. The number of phosphoric ester groups is 1. The SMILES string of the molecule is O=c1[nH]cc([C@@H]2O[C@H](CO)[C@@H](O)[C@H]2OP(=O)(O)O)c(=O)[nH]1. The van der Waals surface area contributed by atoms with Crippen molar-refractivity contribution in [2.24, 2.45) is 0 Å². The van der Waals surface area contributed by atoms with Crippen LogP contribution in [-0.2, 0) is 13.8 Å². The second-order valence-electron chi connectivity index (χ2n) is 4.36. The number of aliphatic hydroxyl groups is 2. The van der Waals surface area contributed by atoms with Crippen LogP contribution in [0.3, 0.4) is 0 Å². The van der Waals surface area contributed by atoms with Crippen molar-refractivity contribution in [2.75, 3.05) is 6.61 Å². The zero-order valence-corrected chi connectivity index (χ0v) is 11.3. The molecular weight excluding hydrogens is 311 g/mol. The molecule has 0 spiro atoms. The van der Waals surface area contributed by atoms with E-state index in [4.69, 9.17) is 19.6 Å². The van der Waals surface area contributed by atoms with Gasteiger partial charge < -0.3 is 29.7 Å². The molecule has 12 heteroatoms. The van der Waals surface area contributed by atoms with Crippen molar-refractivity contribution < 1.29 is 33.8 Å². The summed E-state index contributed by atoms with van der Waals surface area (Å²) in [6.45, 7) is -0.653. The molecule has 1 aromatic heterocycles. The molecule has 11 nitrogen and oxygen atoms in total. The lowest BCUT2D eigenvalue weighted by Gasteiger charge is -2.20. The van der Waals surface area contributed by atoms with Gasteiger partial charge in [0.15, 0.2) is 0 Å². The van der Waals surface area contributed by atoms with E-state index in [0.29, 0.717) is 0 Å². The summed E-state index contributed by atoms with van der Waals surface area (Å²) in [4.78, 5) is 44.4. The smallest absolute Gasteiger partial charge is 0.394 e. The van der Waals surface area contributed by atoms with Crippen molar-refractivity contribution in [1.82, 2.24) is 9.97 Å². The summed E-state index contributed by atoms with van der Waals surface area (Å²) >= 11 is 0. The van der Waals surface area contributed by atoms with E-state index in [-0.39, 0.29) is 5.56 Å². The summed E-state index contributed by atoms with van der Waals surface area (Å²) < 4.78 is 20.6. The van der Waals surface area contributed by atoms with Crippen LogP contribution < -0.4 is 11.2 Å². The first-order valence-corrected chi connectivity index (χ1v) is 7.26. The summed E-state index contributed by atoms with van der Waals surface area (Å²) in [6.07, 6.45) is -4.74. The molecule has 0 amide bonds. The van der Waals surface area contributed by atoms with Gasteiger partial charge in [-0.25, -0.2) is 9.36 Å². The average molecular weight is 324 g/mol. The maximum atomic E-state index is 11.7. The van der Waals surface area contributed by atoms with Crippen LogP contribution in [0.4, 0.5) is 0 Å². The highest BCUT2D eigenvalue weighted by Crippen LogP contribution is 2.45. The number of aromatic amines is 2. The van der Waals surface area contributed by atoms with Crippen molar-refractivity contribution in [2.45, 2.75) is 24.4 Å². The first-order valence-electron chi connectivity index (χ1n) is 5.73. The number of aliphatic hydroxyl groups excluding tert-OH is 2. The molecule has 0 radical (unpaired) electrons. The number of aromatic nitrogens is 2. The van der Waals surface area contributed by atoms with Crippen LogP contribution in [-0.4, -0.2) is 54.9 Å². The number of phosphoric acid groups is 1. The predicted octanol–water partition coefficient (Wildman–Crippen LogP) is -2.67. The fourth-order valence-corrected chi connectivity index (χ4v) is 2.60. The Kier molecular flexibility index (Phi) is 4.44. The molecule has 0 unspecified atom stereocenters. The molecule has 1 aromatic rings. The molecule has 6 N–H and O–H groups in total. The molecule has 1 saturated heterocycles. The lowest BCUT2D eigenvalue weighted by atomic mass is 10.0. The number of hydrogen-bond donors (Lipinski definition) is 6. The van der Waals surface area contributed by atoms with E-state index in [1.807, 2.05) is 4.98 Å². The third-order valence-electron chi connectivity index (χ3n) is 2.93.